The number of hydrogen-bond donors (Lipinski definition) is 1. The summed E-state index contributed by atoms with van der Waals surface area (Å²) in [5.74, 6) is -4.80. The Morgan fingerprint density at radius 1 is 0.811 bits per heavy atom. The molecule has 0 spiro atoms. The van der Waals surface area contributed by atoms with E-state index in [0.29, 0.717) is 30.8 Å². The molecule has 0 amide bonds. The van der Waals surface area contributed by atoms with E-state index in [9.17, 15) is 27.9 Å². The molecule has 2 unspecified atom stereocenters. The maximum Gasteiger partial charge on any atom is 0.513 e. The predicted octanol–water partition coefficient (Wildman–Crippen LogP) is 8.77. The number of carboxylic acid groups (broad SMARTS) is 1. The quantitative estimate of drug-likeness (QED) is 0.144. The van der Waals surface area contributed by atoms with Crippen LogP contribution in [-0.4, -0.2) is 30.0 Å². The lowest BCUT2D eigenvalue weighted by molar-refractivity contribution is -0.190. The first kappa shape index (κ1) is 30.2. The molecular formula is C29H37F3O5. The highest BCUT2D eigenvalue weighted by atomic mass is 19.4. The fourth-order valence-corrected chi connectivity index (χ4v) is 4.25. The van der Waals surface area contributed by atoms with Crippen LogP contribution in [0.25, 0.3) is 11.1 Å². The van der Waals surface area contributed by atoms with Crippen LogP contribution in [0, 0.1) is 5.92 Å². The zero-order chi connectivity index (χ0) is 27.3. The molecule has 37 heavy (non-hydrogen) atoms. The van der Waals surface area contributed by atoms with E-state index in [0.717, 1.165) is 24.8 Å². The van der Waals surface area contributed by atoms with Crippen molar-refractivity contribution in [3.63, 3.8) is 0 Å². The normalized spacial score (nSPS) is 13.1. The molecule has 2 aromatic rings. The monoisotopic (exact) mass is 522 g/mol. The summed E-state index contributed by atoms with van der Waals surface area (Å²) in [6, 6.07) is 12.7. The Balaban J connectivity index is 1.98. The first-order valence-corrected chi connectivity index (χ1v) is 13.0. The Morgan fingerprint density at radius 3 is 1.89 bits per heavy atom. The number of rotatable bonds is 15. The van der Waals surface area contributed by atoms with E-state index in [-0.39, 0.29) is 12.0 Å². The van der Waals surface area contributed by atoms with Crippen LogP contribution in [0.1, 0.15) is 83.1 Å². The summed E-state index contributed by atoms with van der Waals surface area (Å²) in [4.78, 5) is 23.7. The van der Waals surface area contributed by atoms with Crippen LogP contribution in [0.2, 0.25) is 0 Å². The van der Waals surface area contributed by atoms with Crippen molar-refractivity contribution in [1.82, 2.24) is 0 Å². The fourth-order valence-electron chi connectivity index (χ4n) is 4.25. The van der Waals surface area contributed by atoms with Crippen molar-refractivity contribution in [2.45, 2.75) is 83.7 Å². The molecule has 1 N–H and O–H groups in total. The highest BCUT2D eigenvalue weighted by molar-refractivity contribution is 5.77. The fraction of sp³-hybridized carbons (Fsp3) is 0.517. The van der Waals surface area contributed by atoms with Crippen LogP contribution in [0.15, 0.2) is 48.5 Å². The summed E-state index contributed by atoms with van der Waals surface area (Å²) in [6.45, 7) is 4.23. The zero-order valence-corrected chi connectivity index (χ0v) is 21.6. The second kappa shape index (κ2) is 15.3. The van der Waals surface area contributed by atoms with Gasteiger partial charge in [0.2, 0.25) is 0 Å². The maximum absolute atomic E-state index is 13.6. The largest absolute Gasteiger partial charge is 0.513 e. The van der Waals surface area contributed by atoms with Crippen molar-refractivity contribution in [3.05, 3.63) is 54.1 Å². The number of carbonyl (C=O) groups is 2. The first-order valence-electron chi connectivity index (χ1n) is 13.0. The highest BCUT2D eigenvalue weighted by Gasteiger charge is 2.47. The number of hydrogen-bond acceptors (Lipinski definition) is 4. The molecular weight excluding hydrogens is 485 g/mol. The maximum atomic E-state index is 13.6. The Morgan fingerprint density at radius 2 is 1.35 bits per heavy atom. The number of alkyl halides is 3. The Bertz CT molecular complexity index is 955. The van der Waals surface area contributed by atoms with Gasteiger partial charge in [0.15, 0.2) is 0 Å². The van der Waals surface area contributed by atoms with Gasteiger partial charge in [0.1, 0.15) is 5.75 Å². The van der Waals surface area contributed by atoms with Crippen LogP contribution in [-0.2, 0) is 9.53 Å². The van der Waals surface area contributed by atoms with Gasteiger partial charge in [-0.2, -0.15) is 13.2 Å². The van der Waals surface area contributed by atoms with Gasteiger partial charge in [0, 0.05) is 0 Å². The number of carbonyl (C=O) groups excluding carboxylic acids is 1. The predicted molar refractivity (Wildman–Crippen MR) is 137 cm³/mol. The lowest BCUT2D eigenvalue weighted by Gasteiger charge is -2.26. The van der Waals surface area contributed by atoms with Crippen molar-refractivity contribution in [1.29, 1.82) is 0 Å². The van der Waals surface area contributed by atoms with Crippen LogP contribution < -0.4 is 4.74 Å². The summed E-state index contributed by atoms with van der Waals surface area (Å²) in [5, 5.41) is 9.61. The molecule has 0 radical (unpaired) electrons. The van der Waals surface area contributed by atoms with Crippen molar-refractivity contribution in [3.8, 4) is 16.9 Å². The SMILES string of the molecule is CCCCCCCCOC(=O)Oc1ccc(-c2ccc(C(C(=O)O)C(CCCC)C(F)(F)F)cc2)cc1. The second-order valence-corrected chi connectivity index (χ2v) is 9.22. The van der Waals surface area contributed by atoms with Gasteiger partial charge in [0.25, 0.3) is 0 Å². The van der Waals surface area contributed by atoms with Gasteiger partial charge in [-0.05, 0) is 41.7 Å². The van der Waals surface area contributed by atoms with Gasteiger partial charge in [-0.3, -0.25) is 4.79 Å². The molecule has 8 heteroatoms. The van der Waals surface area contributed by atoms with Gasteiger partial charge in [-0.25, -0.2) is 4.79 Å². The van der Waals surface area contributed by atoms with E-state index in [1.807, 2.05) is 0 Å². The lowest BCUT2D eigenvalue weighted by Crippen LogP contribution is -2.33. The first-order chi connectivity index (χ1) is 17.7. The summed E-state index contributed by atoms with van der Waals surface area (Å²) < 4.78 is 51.2. The molecule has 204 valence electrons. The van der Waals surface area contributed by atoms with Crippen LogP contribution in [0.5, 0.6) is 5.75 Å². The third-order valence-corrected chi connectivity index (χ3v) is 6.33. The zero-order valence-electron chi connectivity index (χ0n) is 21.6. The van der Waals surface area contributed by atoms with Crippen molar-refractivity contribution >= 4 is 12.1 Å². The Hall–Kier alpha value is -3.03. The van der Waals surface area contributed by atoms with Gasteiger partial charge < -0.3 is 14.6 Å². The van der Waals surface area contributed by atoms with Gasteiger partial charge >= 0.3 is 18.3 Å². The summed E-state index contributed by atoms with van der Waals surface area (Å²) in [7, 11) is 0. The van der Waals surface area contributed by atoms with Gasteiger partial charge in [-0.15, -0.1) is 0 Å². The van der Waals surface area contributed by atoms with Crippen LogP contribution in [0.4, 0.5) is 18.0 Å². The van der Waals surface area contributed by atoms with Crippen molar-refractivity contribution in [2.75, 3.05) is 6.61 Å². The number of benzene rings is 2. The molecule has 0 heterocycles. The number of aliphatic carboxylic acids is 1. The third kappa shape index (κ3) is 10.1. The Kier molecular flexibility index (Phi) is 12.5. The average Bonchev–Trinajstić information content (AvgIpc) is 2.86. The van der Waals surface area contributed by atoms with E-state index in [1.54, 1.807) is 43.3 Å². The van der Waals surface area contributed by atoms with Crippen LogP contribution in [0.3, 0.4) is 0 Å². The topological polar surface area (TPSA) is 72.8 Å². The molecule has 2 aromatic carbocycles. The van der Waals surface area contributed by atoms with Crippen molar-refractivity contribution in [2.24, 2.45) is 5.92 Å². The summed E-state index contributed by atoms with van der Waals surface area (Å²) >= 11 is 0. The minimum atomic E-state index is -4.61. The molecule has 5 nitrogen and oxygen atoms in total. The highest BCUT2D eigenvalue weighted by Crippen LogP contribution is 2.41. The molecule has 0 saturated carbocycles. The minimum absolute atomic E-state index is 0.114. The van der Waals surface area contributed by atoms with E-state index >= 15 is 0 Å². The van der Waals surface area contributed by atoms with Gasteiger partial charge in [0.05, 0.1) is 18.4 Å². The number of carboxylic acids is 1. The molecule has 0 fully saturated rings. The van der Waals surface area contributed by atoms with E-state index in [1.165, 1.54) is 31.4 Å². The third-order valence-electron chi connectivity index (χ3n) is 6.33. The molecule has 0 aliphatic carbocycles. The summed E-state index contributed by atoms with van der Waals surface area (Å²) in [5.41, 5.74) is 1.55. The number of halogens is 3. The molecule has 2 atom stereocenters. The molecule has 2 rings (SSSR count). The second-order valence-electron chi connectivity index (χ2n) is 9.22. The summed E-state index contributed by atoms with van der Waals surface area (Å²) in [6.07, 6.45) is 1.72. The molecule has 0 aliphatic rings. The van der Waals surface area contributed by atoms with E-state index in [2.05, 4.69) is 6.92 Å². The molecule has 0 aliphatic heterocycles. The number of unbranched alkanes of at least 4 members (excludes halogenated alkanes) is 6. The molecule has 0 aromatic heterocycles. The van der Waals surface area contributed by atoms with E-state index < -0.39 is 30.1 Å². The number of ether oxygens (including phenoxy) is 2. The minimum Gasteiger partial charge on any atom is -0.481 e. The van der Waals surface area contributed by atoms with Gasteiger partial charge in [-0.1, -0.05) is 95.2 Å². The smallest absolute Gasteiger partial charge is 0.481 e. The van der Waals surface area contributed by atoms with E-state index in [4.69, 9.17) is 9.47 Å². The standard InChI is InChI=1S/C29H37F3O5/c1-3-5-7-8-9-10-20-36-28(35)37-24-18-16-22(17-19-24)21-12-14-23(15-13-21)26(27(33)34)25(11-6-4-2)29(30,31)32/h12-19,25-26H,3-11,20H2,1-2H3,(H,33,34). The molecule has 0 saturated heterocycles. The average molecular weight is 523 g/mol. The van der Waals surface area contributed by atoms with Crippen molar-refractivity contribution < 1.29 is 37.3 Å². The lowest BCUT2D eigenvalue weighted by atomic mass is 9.82. The van der Waals surface area contributed by atoms with Crippen LogP contribution >= 0.6 is 0 Å². The Labute approximate surface area is 217 Å². The molecule has 0 bridgehead atoms.